The predicted octanol–water partition coefficient (Wildman–Crippen LogP) is 2.46. The van der Waals surface area contributed by atoms with Crippen LogP contribution in [0.4, 0.5) is 0 Å². The zero-order chi connectivity index (χ0) is 19.8. The van der Waals surface area contributed by atoms with Crippen LogP contribution in [0, 0.1) is 20.8 Å². The number of hydrogen-bond donors (Lipinski definition) is 1. The number of aryl methyl sites for hydroxylation is 3. The van der Waals surface area contributed by atoms with Crippen molar-refractivity contribution in [3.63, 3.8) is 0 Å². The summed E-state index contributed by atoms with van der Waals surface area (Å²) in [5.41, 5.74) is 2.74. The fourth-order valence-electron chi connectivity index (χ4n) is 3.25. The van der Waals surface area contributed by atoms with Gasteiger partial charge < -0.3 is 10.0 Å². The standard InChI is InChI=1S/C20H24N2O4S/c1-14-5-7-18(23)17(12-14)20(24)21-8-10-22(11-9-21)27(25,26)19-13-15(2)4-6-16(19)3/h4-7,12-13,23H,8-11H2,1-3H3. The van der Waals surface area contributed by atoms with Crippen molar-refractivity contribution in [1.82, 2.24) is 9.21 Å². The molecule has 2 aromatic carbocycles. The Balaban J connectivity index is 1.76. The van der Waals surface area contributed by atoms with Gasteiger partial charge in [0.2, 0.25) is 10.0 Å². The molecule has 2 aromatic rings. The first-order valence-corrected chi connectivity index (χ1v) is 10.3. The molecule has 0 atom stereocenters. The molecular weight excluding hydrogens is 364 g/mol. The highest BCUT2D eigenvalue weighted by Gasteiger charge is 2.32. The molecule has 1 saturated heterocycles. The summed E-state index contributed by atoms with van der Waals surface area (Å²) in [5, 5.41) is 9.97. The molecule has 1 N–H and O–H groups in total. The van der Waals surface area contributed by atoms with Crippen molar-refractivity contribution in [2.24, 2.45) is 0 Å². The summed E-state index contributed by atoms with van der Waals surface area (Å²) < 4.78 is 27.4. The molecule has 0 bridgehead atoms. The molecule has 3 rings (SSSR count). The predicted molar refractivity (Wildman–Crippen MR) is 103 cm³/mol. The fraction of sp³-hybridized carbons (Fsp3) is 0.350. The van der Waals surface area contributed by atoms with Crippen LogP contribution in [0.1, 0.15) is 27.0 Å². The van der Waals surface area contributed by atoms with E-state index in [1.807, 2.05) is 26.0 Å². The van der Waals surface area contributed by atoms with E-state index in [4.69, 9.17) is 0 Å². The van der Waals surface area contributed by atoms with Gasteiger partial charge in [0.25, 0.3) is 5.91 Å². The molecule has 7 heteroatoms. The van der Waals surface area contributed by atoms with Crippen molar-refractivity contribution in [3.05, 3.63) is 58.7 Å². The molecule has 1 fully saturated rings. The fourth-order valence-corrected chi connectivity index (χ4v) is 4.98. The lowest BCUT2D eigenvalue weighted by atomic mass is 10.1. The Hall–Kier alpha value is -2.38. The minimum atomic E-state index is -3.60. The number of rotatable bonds is 3. The highest BCUT2D eigenvalue weighted by atomic mass is 32.2. The molecule has 27 heavy (non-hydrogen) atoms. The lowest BCUT2D eigenvalue weighted by Gasteiger charge is -2.34. The van der Waals surface area contributed by atoms with Gasteiger partial charge in [-0.3, -0.25) is 4.79 Å². The molecule has 0 aliphatic carbocycles. The highest BCUT2D eigenvalue weighted by molar-refractivity contribution is 7.89. The Morgan fingerprint density at radius 2 is 1.52 bits per heavy atom. The van der Waals surface area contributed by atoms with Crippen molar-refractivity contribution in [1.29, 1.82) is 0 Å². The van der Waals surface area contributed by atoms with Gasteiger partial charge in [0, 0.05) is 26.2 Å². The van der Waals surface area contributed by atoms with Crippen LogP contribution in [0.5, 0.6) is 5.75 Å². The van der Waals surface area contributed by atoms with Gasteiger partial charge in [0.05, 0.1) is 10.5 Å². The van der Waals surface area contributed by atoms with Gasteiger partial charge in [-0.05, 0) is 50.1 Å². The Morgan fingerprint density at radius 1 is 0.926 bits per heavy atom. The van der Waals surface area contributed by atoms with Gasteiger partial charge in [0.1, 0.15) is 5.75 Å². The third kappa shape index (κ3) is 3.84. The molecule has 0 spiro atoms. The number of carbonyl (C=O) groups excluding carboxylic acids is 1. The lowest BCUT2D eigenvalue weighted by Crippen LogP contribution is -2.50. The van der Waals surface area contributed by atoms with E-state index in [2.05, 4.69) is 0 Å². The van der Waals surface area contributed by atoms with Crippen molar-refractivity contribution in [2.45, 2.75) is 25.7 Å². The molecule has 144 valence electrons. The second-order valence-corrected chi connectivity index (χ2v) is 8.89. The second-order valence-electron chi connectivity index (χ2n) is 6.99. The number of carbonyl (C=O) groups is 1. The average Bonchev–Trinajstić information content (AvgIpc) is 2.65. The average molecular weight is 388 g/mol. The van der Waals surface area contributed by atoms with E-state index in [1.165, 1.54) is 10.4 Å². The Labute approximate surface area is 160 Å². The van der Waals surface area contributed by atoms with E-state index in [-0.39, 0.29) is 43.4 Å². The van der Waals surface area contributed by atoms with E-state index in [9.17, 15) is 18.3 Å². The monoisotopic (exact) mass is 388 g/mol. The van der Waals surface area contributed by atoms with Crippen molar-refractivity contribution < 1.29 is 18.3 Å². The van der Waals surface area contributed by atoms with Crippen molar-refractivity contribution >= 4 is 15.9 Å². The van der Waals surface area contributed by atoms with Gasteiger partial charge in [-0.25, -0.2) is 8.42 Å². The van der Waals surface area contributed by atoms with E-state index in [0.29, 0.717) is 10.5 Å². The summed E-state index contributed by atoms with van der Waals surface area (Å²) >= 11 is 0. The van der Waals surface area contributed by atoms with Gasteiger partial charge in [-0.2, -0.15) is 4.31 Å². The molecule has 0 aromatic heterocycles. The van der Waals surface area contributed by atoms with Crippen molar-refractivity contribution in [2.75, 3.05) is 26.2 Å². The summed E-state index contributed by atoms with van der Waals surface area (Å²) in [6, 6.07) is 10.3. The van der Waals surface area contributed by atoms with E-state index in [1.54, 1.807) is 30.0 Å². The van der Waals surface area contributed by atoms with E-state index in [0.717, 1.165) is 11.1 Å². The number of hydrogen-bond acceptors (Lipinski definition) is 4. The number of aromatic hydroxyl groups is 1. The molecule has 1 aliphatic rings. The number of phenols is 1. The summed E-state index contributed by atoms with van der Waals surface area (Å²) in [7, 11) is -3.60. The normalized spacial score (nSPS) is 15.7. The maximum absolute atomic E-state index is 13.0. The summed E-state index contributed by atoms with van der Waals surface area (Å²) in [5.74, 6) is -0.337. The SMILES string of the molecule is Cc1ccc(O)c(C(=O)N2CCN(S(=O)(=O)c3cc(C)ccc3C)CC2)c1. The Morgan fingerprint density at radius 3 is 2.19 bits per heavy atom. The molecule has 1 aliphatic heterocycles. The van der Waals surface area contributed by atoms with Crippen molar-refractivity contribution in [3.8, 4) is 5.75 Å². The quantitative estimate of drug-likeness (QED) is 0.876. The van der Waals surface area contributed by atoms with Gasteiger partial charge in [-0.15, -0.1) is 0 Å². The van der Waals surface area contributed by atoms with Crippen LogP contribution in [0.2, 0.25) is 0 Å². The second kappa shape index (κ2) is 7.32. The molecule has 0 radical (unpaired) electrons. The lowest BCUT2D eigenvalue weighted by molar-refractivity contribution is 0.0694. The third-order valence-corrected chi connectivity index (χ3v) is 6.91. The third-order valence-electron chi connectivity index (χ3n) is 4.87. The summed E-state index contributed by atoms with van der Waals surface area (Å²) in [4.78, 5) is 14.6. The Bertz CT molecular complexity index is 977. The topological polar surface area (TPSA) is 77.9 Å². The molecule has 0 unspecified atom stereocenters. The van der Waals surface area contributed by atoms with Crippen LogP contribution in [-0.4, -0.2) is 54.8 Å². The van der Waals surface area contributed by atoms with Crippen LogP contribution in [0.15, 0.2) is 41.3 Å². The maximum atomic E-state index is 13.0. The minimum absolute atomic E-state index is 0.0592. The first-order chi connectivity index (χ1) is 12.7. The number of sulfonamides is 1. The zero-order valence-electron chi connectivity index (χ0n) is 15.8. The number of piperazine rings is 1. The number of phenolic OH excluding ortho intramolecular Hbond substituents is 1. The summed E-state index contributed by atoms with van der Waals surface area (Å²) in [6.07, 6.45) is 0. The molecule has 1 heterocycles. The highest BCUT2D eigenvalue weighted by Crippen LogP contribution is 2.24. The molecule has 1 amide bonds. The molecule has 6 nitrogen and oxygen atoms in total. The largest absolute Gasteiger partial charge is 0.507 e. The van der Waals surface area contributed by atoms with Crippen LogP contribution in [0.3, 0.4) is 0 Å². The maximum Gasteiger partial charge on any atom is 0.257 e. The number of nitrogens with zero attached hydrogens (tertiary/aromatic N) is 2. The van der Waals surface area contributed by atoms with Gasteiger partial charge in [-0.1, -0.05) is 23.8 Å². The first-order valence-electron chi connectivity index (χ1n) is 8.86. The number of amides is 1. The minimum Gasteiger partial charge on any atom is -0.507 e. The Kier molecular flexibility index (Phi) is 5.26. The van der Waals surface area contributed by atoms with E-state index < -0.39 is 10.0 Å². The van der Waals surface area contributed by atoms with Gasteiger partial charge >= 0.3 is 0 Å². The molecular formula is C20H24N2O4S. The van der Waals surface area contributed by atoms with Crippen LogP contribution in [0.25, 0.3) is 0 Å². The first kappa shape index (κ1) is 19.4. The van der Waals surface area contributed by atoms with E-state index >= 15 is 0 Å². The molecule has 0 saturated carbocycles. The van der Waals surface area contributed by atoms with Crippen LogP contribution < -0.4 is 0 Å². The smallest absolute Gasteiger partial charge is 0.257 e. The zero-order valence-corrected chi connectivity index (χ0v) is 16.6. The number of benzene rings is 2. The van der Waals surface area contributed by atoms with Crippen LogP contribution in [-0.2, 0) is 10.0 Å². The summed E-state index contributed by atoms with van der Waals surface area (Å²) in [6.45, 7) is 6.54. The van der Waals surface area contributed by atoms with Crippen LogP contribution >= 0.6 is 0 Å². The van der Waals surface area contributed by atoms with Gasteiger partial charge in [0.15, 0.2) is 0 Å².